The highest BCUT2D eigenvalue weighted by Gasteiger charge is 2.29. The van der Waals surface area contributed by atoms with Crippen molar-refractivity contribution in [2.75, 3.05) is 18.1 Å². The molecule has 0 spiro atoms. The smallest absolute Gasteiger partial charge is 0.305 e. The summed E-state index contributed by atoms with van der Waals surface area (Å²) >= 11 is 1.71. The van der Waals surface area contributed by atoms with Crippen LogP contribution in [0.1, 0.15) is 23.4 Å². The minimum atomic E-state index is -0.853. The molecule has 0 aliphatic carbocycles. The van der Waals surface area contributed by atoms with Crippen molar-refractivity contribution in [3.05, 3.63) is 17.0 Å². The number of carbonyl (C=O) groups is 2. The minimum Gasteiger partial charge on any atom is -0.481 e. The van der Waals surface area contributed by atoms with E-state index in [4.69, 9.17) is 5.11 Å². The molecule has 1 aliphatic heterocycles. The van der Waals surface area contributed by atoms with Crippen LogP contribution in [0.2, 0.25) is 0 Å². The van der Waals surface area contributed by atoms with Crippen molar-refractivity contribution in [1.82, 2.24) is 14.7 Å². The second-order valence-electron chi connectivity index (χ2n) is 5.36. The summed E-state index contributed by atoms with van der Waals surface area (Å²) in [7, 11) is 1.86. The maximum Gasteiger partial charge on any atom is 0.305 e. The van der Waals surface area contributed by atoms with E-state index in [9.17, 15) is 9.59 Å². The first-order chi connectivity index (χ1) is 9.90. The average molecular weight is 311 g/mol. The molecular formula is C14H21N3O3S. The summed E-state index contributed by atoms with van der Waals surface area (Å²) in [5.41, 5.74) is 2.81. The molecule has 2 heterocycles. The number of hydrogen-bond acceptors (Lipinski definition) is 4. The molecule has 0 radical (unpaired) electrons. The quantitative estimate of drug-likeness (QED) is 0.898. The van der Waals surface area contributed by atoms with Gasteiger partial charge in [-0.15, -0.1) is 0 Å². The van der Waals surface area contributed by atoms with Crippen LogP contribution in [0.3, 0.4) is 0 Å². The highest BCUT2D eigenvalue weighted by molar-refractivity contribution is 7.99. The van der Waals surface area contributed by atoms with Crippen molar-refractivity contribution in [3.63, 3.8) is 0 Å². The maximum absolute atomic E-state index is 12.6. The third-order valence-electron chi connectivity index (χ3n) is 3.95. The van der Waals surface area contributed by atoms with E-state index in [1.165, 1.54) is 0 Å². The lowest BCUT2D eigenvalue weighted by Crippen LogP contribution is -2.47. The van der Waals surface area contributed by atoms with E-state index in [-0.39, 0.29) is 18.4 Å². The monoisotopic (exact) mass is 311 g/mol. The number of amides is 1. The Morgan fingerprint density at radius 2 is 2.14 bits per heavy atom. The van der Waals surface area contributed by atoms with Gasteiger partial charge in [-0.2, -0.15) is 16.9 Å². The third-order valence-corrected chi connectivity index (χ3v) is 5.04. The van der Waals surface area contributed by atoms with Gasteiger partial charge in [-0.05, 0) is 13.8 Å². The average Bonchev–Trinajstić information content (AvgIpc) is 2.65. The Balaban J connectivity index is 2.12. The van der Waals surface area contributed by atoms with Gasteiger partial charge < -0.3 is 10.0 Å². The number of aryl methyl sites for hydroxylation is 2. The van der Waals surface area contributed by atoms with E-state index in [0.29, 0.717) is 18.7 Å². The predicted octanol–water partition coefficient (Wildman–Crippen LogP) is 0.998. The number of aromatic nitrogens is 2. The van der Waals surface area contributed by atoms with Gasteiger partial charge in [0, 0.05) is 36.4 Å². The van der Waals surface area contributed by atoms with Gasteiger partial charge in [-0.25, -0.2) is 0 Å². The molecule has 1 saturated heterocycles. The molecule has 1 amide bonds. The number of nitrogens with zero attached hydrogens (tertiary/aromatic N) is 3. The Morgan fingerprint density at radius 1 is 1.43 bits per heavy atom. The van der Waals surface area contributed by atoms with Gasteiger partial charge in [-0.1, -0.05) is 0 Å². The number of thioether (sulfide) groups is 1. The van der Waals surface area contributed by atoms with Crippen LogP contribution in [0.4, 0.5) is 0 Å². The minimum absolute atomic E-state index is 0.000694. The fourth-order valence-electron chi connectivity index (χ4n) is 2.68. The maximum atomic E-state index is 12.6. The van der Waals surface area contributed by atoms with Gasteiger partial charge in [0.15, 0.2) is 0 Å². The Hall–Kier alpha value is -1.50. The van der Waals surface area contributed by atoms with Crippen LogP contribution >= 0.6 is 11.8 Å². The van der Waals surface area contributed by atoms with Crippen LogP contribution in [0.25, 0.3) is 0 Å². The summed E-state index contributed by atoms with van der Waals surface area (Å²) < 4.78 is 1.78. The lowest BCUT2D eigenvalue weighted by molar-refractivity contribution is -0.140. The first-order valence-electron chi connectivity index (χ1n) is 6.98. The molecule has 1 aromatic heterocycles. The summed E-state index contributed by atoms with van der Waals surface area (Å²) in [4.78, 5) is 25.2. The molecule has 6 nitrogen and oxygen atoms in total. The van der Waals surface area contributed by atoms with E-state index in [1.807, 2.05) is 20.9 Å². The van der Waals surface area contributed by atoms with Crippen molar-refractivity contribution in [2.24, 2.45) is 7.05 Å². The molecular weight excluding hydrogens is 290 g/mol. The normalized spacial score (nSPS) is 18.8. The van der Waals surface area contributed by atoms with Gasteiger partial charge in [0.1, 0.15) is 0 Å². The Labute approximate surface area is 128 Å². The molecule has 1 atom stereocenters. The van der Waals surface area contributed by atoms with E-state index >= 15 is 0 Å². The van der Waals surface area contributed by atoms with Crippen LogP contribution < -0.4 is 0 Å². The van der Waals surface area contributed by atoms with Crippen molar-refractivity contribution in [1.29, 1.82) is 0 Å². The van der Waals surface area contributed by atoms with Gasteiger partial charge in [-0.3, -0.25) is 14.3 Å². The van der Waals surface area contributed by atoms with Crippen molar-refractivity contribution < 1.29 is 14.7 Å². The number of carbonyl (C=O) groups excluding carboxylic acids is 1. The summed E-state index contributed by atoms with van der Waals surface area (Å²) in [5.74, 6) is 0.713. The van der Waals surface area contributed by atoms with Crippen LogP contribution in [0.5, 0.6) is 0 Å². The third kappa shape index (κ3) is 3.58. The molecule has 1 N–H and O–H groups in total. The molecule has 116 valence electrons. The molecule has 1 unspecified atom stereocenters. The molecule has 2 rings (SSSR count). The molecule has 0 saturated carbocycles. The van der Waals surface area contributed by atoms with E-state index in [2.05, 4.69) is 5.10 Å². The zero-order valence-corrected chi connectivity index (χ0v) is 13.4. The van der Waals surface area contributed by atoms with Crippen molar-refractivity contribution in [2.45, 2.75) is 32.7 Å². The zero-order chi connectivity index (χ0) is 15.6. The van der Waals surface area contributed by atoms with Crippen LogP contribution in [-0.2, 0) is 23.1 Å². The van der Waals surface area contributed by atoms with E-state index in [1.54, 1.807) is 21.3 Å². The Bertz CT molecular complexity index is 556. The fourth-order valence-corrected chi connectivity index (χ4v) is 3.74. The topological polar surface area (TPSA) is 75.4 Å². The lowest BCUT2D eigenvalue weighted by Gasteiger charge is -2.34. The van der Waals surface area contributed by atoms with Crippen LogP contribution in [0, 0.1) is 13.8 Å². The molecule has 0 aromatic carbocycles. The predicted molar refractivity (Wildman–Crippen MR) is 81.5 cm³/mol. The molecule has 7 heteroatoms. The Morgan fingerprint density at radius 3 is 2.71 bits per heavy atom. The summed E-state index contributed by atoms with van der Waals surface area (Å²) in [6.45, 7) is 4.47. The van der Waals surface area contributed by atoms with Gasteiger partial charge >= 0.3 is 5.97 Å². The highest BCUT2D eigenvalue weighted by atomic mass is 32.2. The molecule has 0 bridgehead atoms. The highest BCUT2D eigenvalue weighted by Crippen LogP contribution is 2.21. The summed E-state index contributed by atoms with van der Waals surface area (Å²) in [5, 5.41) is 13.3. The first kappa shape index (κ1) is 15.9. The fraction of sp³-hybridized carbons (Fsp3) is 0.643. The number of carboxylic acid groups (broad SMARTS) is 1. The second kappa shape index (κ2) is 6.51. The standard InChI is InChI=1S/C14H21N3O3S/c1-9-12(10(2)16(3)15-9)7-13(18)17-4-5-21-8-11(17)6-14(19)20/h11H,4-8H2,1-3H3,(H,19,20). The summed E-state index contributed by atoms with van der Waals surface area (Å²) in [6, 6.07) is -0.203. The molecule has 1 aromatic rings. The van der Waals surface area contributed by atoms with Crippen molar-refractivity contribution >= 4 is 23.6 Å². The first-order valence-corrected chi connectivity index (χ1v) is 8.13. The van der Waals surface area contributed by atoms with E-state index in [0.717, 1.165) is 22.7 Å². The lowest BCUT2D eigenvalue weighted by atomic mass is 10.1. The van der Waals surface area contributed by atoms with Crippen LogP contribution in [-0.4, -0.2) is 55.8 Å². The van der Waals surface area contributed by atoms with Gasteiger partial charge in [0.25, 0.3) is 0 Å². The molecule has 1 fully saturated rings. The number of aliphatic carboxylic acids is 1. The second-order valence-corrected chi connectivity index (χ2v) is 6.51. The summed E-state index contributed by atoms with van der Waals surface area (Å²) in [6.07, 6.45) is 0.316. The molecule has 21 heavy (non-hydrogen) atoms. The number of carboxylic acids is 1. The van der Waals surface area contributed by atoms with Crippen LogP contribution in [0.15, 0.2) is 0 Å². The van der Waals surface area contributed by atoms with E-state index < -0.39 is 5.97 Å². The Kier molecular flexibility index (Phi) is 4.92. The van der Waals surface area contributed by atoms with Gasteiger partial charge in [0.2, 0.25) is 5.91 Å². The van der Waals surface area contributed by atoms with Gasteiger partial charge in [0.05, 0.1) is 24.6 Å². The van der Waals surface area contributed by atoms with Crippen molar-refractivity contribution in [3.8, 4) is 0 Å². The SMILES string of the molecule is Cc1nn(C)c(C)c1CC(=O)N1CCSCC1CC(=O)O. The number of rotatable bonds is 4. The largest absolute Gasteiger partial charge is 0.481 e. The number of hydrogen-bond donors (Lipinski definition) is 1. The molecule has 1 aliphatic rings. The zero-order valence-electron chi connectivity index (χ0n) is 12.6.